The molecule has 1 spiro atoms. The van der Waals surface area contributed by atoms with Gasteiger partial charge in [-0.05, 0) is 141 Å². The van der Waals surface area contributed by atoms with Gasteiger partial charge in [-0.15, -0.1) is 0 Å². The van der Waals surface area contributed by atoms with E-state index in [4.69, 9.17) is 0 Å². The highest BCUT2D eigenvalue weighted by molar-refractivity contribution is 8.00. The number of benzene rings is 14. The Labute approximate surface area is 537 Å². The molecular weight excluding hydrogens is 1130 g/mol. The van der Waals surface area contributed by atoms with Crippen molar-refractivity contribution >= 4 is 113 Å². The van der Waals surface area contributed by atoms with Gasteiger partial charge >= 0.3 is 0 Å². The van der Waals surface area contributed by atoms with Gasteiger partial charge in [-0.1, -0.05) is 287 Å². The van der Waals surface area contributed by atoms with Crippen LogP contribution in [0.3, 0.4) is 0 Å². The molecule has 0 radical (unpaired) electrons. The van der Waals surface area contributed by atoms with Crippen LogP contribution < -0.4 is 32.8 Å². The lowest BCUT2D eigenvalue weighted by molar-refractivity contribution is 0.792. The highest BCUT2D eigenvalue weighted by atomic mass is 32.2. The number of para-hydroxylation sites is 4. The van der Waals surface area contributed by atoms with Crippen molar-refractivity contribution in [2.75, 3.05) is 0 Å². The fraction of sp³-hybridized carbons (Fsp3) is 0.0118. The fourth-order valence-corrected chi connectivity index (χ4v) is 19.2. The summed E-state index contributed by atoms with van der Waals surface area (Å²) in [5, 5.41) is 5.00. The number of hydrogen-bond acceptors (Lipinski definition) is 2. The summed E-state index contributed by atoms with van der Waals surface area (Å²) in [5.41, 5.74) is 30.0. The zero-order chi connectivity index (χ0) is 59.5. The second-order valence-electron chi connectivity index (χ2n) is 24.9. The fourth-order valence-electron chi connectivity index (χ4n) is 16.6. The summed E-state index contributed by atoms with van der Waals surface area (Å²) in [6.07, 6.45) is 0. The number of hydrogen-bond donors (Lipinski definition) is 0. The van der Waals surface area contributed by atoms with E-state index in [1.807, 2.05) is 23.5 Å². The molecule has 4 aliphatic rings. The molecule has 2 aliphatic heterocycles. The maximum atomic E-state index is 2.57. The average Bonchev–Trinajstić information content (AvgIpc) is 1.50. The molecule has 420 valence electrons. The summed E-state index contributed by atoms with van der Waals surface area (Å²) < 4.78 is 4.84. The topological polar surface area (TPSA) is 9.86 Å². The van der Waals surface area contributed by atoms with Crippen LogP contribution >= 0.6 is 23.5 Å². The minimum absolute atomic E-state index is 0.0645. The molecule has 6 heteroatoms. The zero-order valence-corrected chi connectivity index (χ0v) is 51.0. The molecule has 0 fully saturated rings. The van der Waals surface area contributed by atoms with Crippen LogP contribution in [0.4, 0.5) is 0 Å². The van der Waals surface area contributed by atoms with Crippen LogP contribution in [0.5, 0.6) is 0 Å². The van der Waals surface area contributed by atoms with E-state index in [0.29, 0.717) is 0 Å². The highest BCUT2D eigenvalue weighted by Crippen LogP contribution is 2.66. The lowest BCUT2D eigenvalue weighted by Gasteiger charge is -2.33. The number of rotatable bonds is 6. The molecule has 91 heavy (non-hydrogen) atoms. The normalized spacial score (nSPS) is 13.7. The quantitative estimate of drug-likeness (QED) is 0.154. The van der Waals surface area contributed by atoms with Crippen molar-refractivity contribution in [3.8, 4) is 55.9 Å². The first-order valence-electron chi connectivity index (χ1n) is 31.6. The third kappa shape index (κ3) is 7.32. The van der Waals surface area contributed by atoms with Crippen LogP contribution in [0.2, 0.25) is 0 Å². The molecule has 20 rings (SSSR count). The van der Waals surface area contributed by atoms with E-state index >= 15 is 0 Å². The molecule has 14 aromatic carbocycles. The molecular formula is C85H52B2N2S2. The minimum Gasteiger partial charge on any atom is -0.309 e. The van der Waals surface area contributed by atoms with E-state index in [9.17, 15) is 0 Å². The summed E-state index contributed by atoms with van der Waals surface area (Å²) >= 11 is 3.93. The molecule has 2 aromatic heterocycles. The highest BCUT2D eigenvalue weighted by Gasteiger charge is 2.55. The van der Waals surface area contributed by atoms with Crippen molar-refractivity contribution in [1.82, 2.24) is 9.13 Å². The van der Waals surface area contributed by atoms with Crippen LogP contribution in [0.25, 0.3) is 99.5 Å². The van der Waals surface area contributed by atoms with Crippen LogP contribution in [0.15, 0.2) is 335 Å². The Morgan fingerprint density at radius 1 is 0.264 bits per heavy atom. The van der Waals surface area contributed by atoms with Gasteiger partial charge in [0.15, 0.2) is 0 Å². The molecule has 0 saturated carbocycles. The average molecular weight is 1190 g/mol. The van der Waals surface area contributed by atoms with Crippen LogP contribution in [-0.4, -0.2) is 22.6 Å². The van der Waals surface area contributed by atoms with Gasteiger partial charge in [-0.2, -0.15) is 0 Å². The Morgan fingerprint density at radius 3 is 1.07 bits per heavy atom. The molecule has 4 heterocycles. The summed E-state index contributed by atoms with van der Waals surface area (Å²) in [7, 11) is 0. The second-order valence-corrected chi connectivity index (χ2v) is 27.0. The van der Waals surface area contributed by atoms with Crippen molar-refractivity contribution in [1.29, 1.82) is 0 Å². The molecule has 0 N–H and O–H groups in total. The van der Waals surface area contributed by atoms with Gasteiger partial charge in [-0.25, -0.2) is 0 Å². The maximum Gasteiger partial charge on any atom is 0.244 e. The predicted molar refractivity (Wildman–Crippen MR) is 386 cm³/mol. The second kappa shape index (κ2) is 19.8. The SMILES string of the molecule is c1ccc(B2c3ccccc3Sc3c2ccc2c3-c3cc(-c4ccc5c(c4)c4ccccc4n5-c4ccccc4)ccc3C23c2ccc(-c4ccc5c(c4)c4ccccc4n5-c4ccccc4)cc2-c2c3ccc3c2Sc2ccccc2B3c2ccccc2)cc1. The summed E-state index contributed by atoms with van der Waals surface area (Å²) in [5.74, 6) is 0. The van der Waals surface area contributed by atoms with E-state index in [0.717, 1.165) is 11.4 Å². The third-order valence-corrected chi connectivity index (χ3v) is 22.9. The van der Waals surface area contributed by atoms with Crippen molar-refractivity contribution < 1.29 is 0 Å². The zero-order valence-electron chi connectivity index (χ0n) is 49.4. The van der Waals surface area contributed by atoms with Crippen molar-refractivity contribution in [2.24, 2.45) is 0 Å². The first kappa shape index (κ1) is 51.4. The van der Waals surface area contributed by atoms with Gasteiger partial charge in [0.1, 0.15) is 0 Å². The lowest BCUT2D eigenvalue weighted by atomic mass is 9.36. The standard InChI is InChI=1S/C85H52B2N2S2/c1-5-21-57(22-6-1)86-71-31-15-19-35-79(71)90-83-73(86)45-43-69-81(83)65-51-53(55-39-47-77-63(49-55)61-29-13-17-33-75(61)88(77)59-25-9-3-10-26-59)37-41-67(65)85(69)68-42-38-54(56-40-48-78-64(50-56)62-30-14-18-34-76(62)89(78)60-27-11-4-12-28-60)52-66(68)82-70(85)44-46-74-84(82)91-80-36-20-16-32-72(80)87(74)58-23-7-2-8-24-58/h1-52H. The van der Waals surface area contributed by atoms with Gasteiger partial charge in [0, 0.05) is 63.6 Å². The molecule has 0 atom stereocenters. The van der Waals surface area contributed by atoms with E-state index in [-0.39, 0.29) is 13.4 Å². The van der Waals surface area contributed by atoms with Gasteiger partial charge in [0.2, 0.25) is 13.4 Å². The Hall–Kier alpha value is -10.5. The molecule has 0 saturated heterocycles. The molecule has 0 bridgehead atoms. The first-order valence-corrected chi connectivity index (χ1v) is 33.2. The van der Waals surface area contributed by atoms with Crippen LogP contribution in [0.1, 0.15) is 22.3 Å². The number of aromatic nitrogens is 2. The number of fused-ring (bicyclic) bond motifs is 22. The Morgan fingerprint density at radius 2 is 0.615 bits per heavy atom. The Bertz CT molecular complexity index is 5380. The predicted octanol–water partition coefficient (Wildman–Crippen LogP) is 17.5. The molecule has 0 unspecified atom stereocenters. The lowest BCUT2D eigenvalue weighted by Crippen LogP contribution is -2.55. The third-order valence-electron chi connectivity index (χ3n) is 20.4. The van der Waals surface area contributed by atoms with Gasteiger partial charge in [0.25, 0.3) is 0 Å². The molecule has 0 amide bonds. The van der Waals surface area contributed by atoms with Crippen molar-refractivity contribution in [3.05, 3.63) is 338 Å². The Kier molecular flexibility index (Phi) is 11.2. The first-order chi connectivity index (χ1) is 45.2. The van der Waals surface area contributed by atoms with Crippen LogP contribution in [-0.2, 0) is 5.41 Å². The summed E-state index contributed by atoms with van der Waals surface area (Å²) in [4.78, 5) is 5.32. The van der Waals surface area contributed by atoms with Crippen molar-refractivity contribution in [3.63, 3.8) is 0 Å². The molecule has 2 nitrogen and oxygen atoms in total. The van der Waals surface area contributed by atoms with E-state index in [1.54, 1.807) is 0 Å². The van der Waals surface area contributed by atoms with Gasteiger partial charge in [-0.3, -0.25) is 0 Å². The maximum absolute atomic E-state index is 2.57. The largest absolute Gasteiger partial charge is 0.309 e. The molecule has 16 aromatic rings. The van der Waals surface area contributed by atoms with E-state index < -0.39 is 5.41 Å². The van der Waals surface area contributed by atoms with Gasteiger partial charge < -0.3 is 9.13 Å². The smallest absolute Gasteiger partial charge is 0.244 e. The summed E-state index contributed by atoms with van der Waals surface area (Å²) in [6, 6.07) is 120. The monoisotopic (exact) mass is 1190 g/mol. The van der Waals surface area contributed by atoms with Crippen LogP contribution in [0, 0.1) is 0 Å². The molecule has 2 aliphatic carbocycles. The minimum atomic E-state index is -0.657. The van der Waals surface area contributed by atoms with Crippen molar-refractivity contribution in [2.45, 2.75) is 25.0 Å². The van der Waals surface area contributed by atoms with E-state index in [1.165, 1.54) is 163 Å². The Balaban J connectivity index is 0.863. The number of nitrogens with zero attached hydrogens (tertiary/aromatic N) is 2. The summed E-state index contributed by atoms with van der Waals surface area (Å²) in [6.45, 7) is 0.129. The van der Waals surface area contributed by atoms with E-state index in [2.05, 4.69) is 325 Å². The van der Waals surface area contributed by atoms with Gasteiger partial charge in [0.05, 0.1) is 27.5 Å².